The van der Waals surface area contributed by atoms with Crippen molar-refractivity contribution in [2.24, 2.45) is 0 Å². The Hall–Kier alpha value is -2.56. The molecule has 0 saturated heterocycles. The fourth-order valence-electron chi connectivity index (χ4n) is 2.10. The number of carboxylic acids is 1. The normalized spacial score (nSPS) is 10.9. The molecule has 0 heterocycles. The third kappa shape index (κ3) is 7.13. The molecule has 0 aliphatic heterocycles. The summed E-state index contributed by atoms with van der Waals surface area (Å²) in [6.45, 7) is 7.50. The lowest BCUT2D eigenvalue weighted by Gasteiger charge is -2.11. The highest BCUT2D eigenvalue weighted by atomic mass is 16.7. The molecule has 0 radical (unpaired) electrons. The molecule has 1 rings (SSSR count). The maximum absolute atomic E-state index is 11.1. The van der Waals surface area contributed by atoms with Crippen molar-refractivity contribution in [2.45, 2.75) is 47.0 Å². The number of benzene rings is 1. The molecular weight excluding hydrogens is 306 g/mol. The van der Waals surface area contributed by atoms with E-state index in [0.717, 1.165) is 18.4 Å². The third-order valence-electron chi connectivity index (χ3n) is 3.42. The van der Waals surface area contributed by atoms with Crippen LogP contribution in [0.5, 0.6) is 0 Å². The smallest absolute Gasteiger partial charge is 0.335 e. The molecule has 0 saturated carbocycles. The van der Waals surface area contributed by atoms with E-state index in [1.54, 1.807) is 12.1 Å². The summed E-state index contributed by atoms with van der Waals surface area (Å²) in [6, 6.07) is 4.67. The zero-order valence-electron chi connectivity index (χ0n) is 14.7. The second-order valence-corrected chi connectivity index (χ2v) is 5.95. The summed E-state index contributed by atoms with van der Waals surface area (Å²) in [6.07, 6.45) is 6.76. The van der Waals surface area contributed by atoms with Crippen LogP contribution in [-0.2, 0) is 16.1 Å². The third-order valence-corrected chi connectivity index (χ3v) is 3.42. The van der Waals surface area contributed by atoms with Crippen LogP contribution < -0.4 is 5.48 Å². The molecule has 0 amide bonds. The maximum atomic E-state index is 11.1. The van der Waals surface area contributed by atoms with Gasteiger partial charge in [0.2, 0.25) is 0 Å². The second-order valence-electron chi connectivity index (χ2n) is 5.95. The Kier molecular flexibility index (Phi) is 7.75. The first-order valence-corrected chi connectivity index (χ1v) is 7.88. The number of nitrogens with one attached hydrogen (secondary N) is 1. The molecule has 0 aliphatic carbocycles. The Morgan fingerprint density at radius 3 is 2.46 bits per heavy atom. The SMILES string of the molecule is CC(=O)ONc1ccc(C(=O)O)cc1C/C=C(\C)CCC=C(C)C. The van der Waals surface area contributed by atoms with E-state index in [9.17, 15) is 9.59 Å². The Bertz CT molecular complexity index is 655. The lowest BCUT2D eigenvalue weighted by atomic mass is 10.0. The van der Waals surface area contributed by atoms with E-state index in [2.05, 4.69) is 38.4 Å². The van der Waals surface area contributed by atoms with Crippen molar-refractivity contribution < 1.29 is 19.5 Å². The minimum absolute atomic E-state index is 0.203. The van der Waals surface area contributed by atoms with Crippen LogP contribution in [0.2, 0.25) is 0 Å². The van der Waals surface area contributed by atoms with Gasteiger partial charge in [-0.05, 0) is 63.8 Å². The molecule has 5 heteroatoms. The number of hydrogen-bond donors (Lipinski definition) is 2. The molecule has 24 heavy (non-hydrogen) atoms. The Morgan fingerprint density at radius 1 is 1.17 bits per heavy atom. The molecular formula is C19H25NO4. The summed E-state index contributed by atoms with van der Waals surface area (Å²) >= 11 is 0. The highest BCUT2D eigenvalue weighted by Gasteiger charge is 2.09. The van der Waals surface area contributed by atoms with Gasteiger partial charge in [-0.3, -0.25) is 4.79 Å². The van der Waals surface area contributed by atoms with Crippen molar-refractivity contribution in [1.29, 1.82) is 0 Å². The zero-order chi connectivity index (χ0) is 18.1. The zero-order valence-corrected chi connectivity index (χ0v) is 14.7. The number of anilines is 1. The Balaban J connectivity index is 2.88. The van der Waals surface area contributed by atoms with E-state index in [1.165, 1.54) is 24.1 Å². The number of carbonyl (C=O) groups excluding carboxylic acids is 1. The monoisotopic (exact) mass is 331 g/mol. The van der Waals surface area contributed by atoms with Crippen molar-refractivity contribution in [3.05, 3.63) is 52.6 Å². The van der Waals surface area contributed by atoms with E-state index in [-0.39, 0.29) is 5.56 Å². The first-order valence-electron chi connectivity index (χ1n) is 7.88. The van der Waals surface area contributed by atoms with Gasteiger partial charge in [-0.15, -0.1) is 0 Å². The second kappa shape index (κ2) is 9.55. The van der Waals surface area contributed by atoms with Crippen LogP contribution in [0.15, 0.2) is 41.5 Å². The Labute approximate surface area is 143 Å². The minimum atomic E-state index is -0.987. The molecule has 1 aromatic carbocycles. The molecule has 130 valence electrons. The number of rotatable bonds is 8. The molecule has 0 aromatic heterocycles. The van der Waals surface area contributed by atoms with Crippen LogP contribution in [0.4, 0.5) is 5.69 Å². The van der Waals surface area contributed by atoms with E-state index < -0.39 is 11.9 Å². The lowest BCUT2D eigenvalue weighted by Crippen LogP contribution is -2.09. The number of carbonyl (C=O) groups is 2. The predicted octanol–water partition coefficient (Wildman–Crippen LogP) is 4.51. The van der Waals surface area contributed by atoms with Gasteiger partial charge in [-0.2, -0.15) is 0 Å². The first-order chi connectivity index (χ1) is 11.3. The topological polar surface area (TPSA) is 75.6 Å². The van der Waals surface area contributed by atoms with Crippen molar-refractivity contribution in [3.63, 3.8) is 0 Å². The predicted molar refractivity (Wildman–Crippen MR) is 94.9 cm³/mol. The molecule has 2 N–H and O–H groups in total. The molecule has 1 aromatic rings. The average molecular weight is 331 g/mol. The number of aromatic carboxylic acids is 1. The summed E-state index contributed by atoms with van der Waals surface area (Å²) in [5.41, 5.74) is 6.66. The van der Waals surface area contributed by atoms with Crippen LogP contribution in [0, 0.1) is 0 Å². The van der Waals surface area contributed by atoms with E-state index in [4.69, 9.17) is 9.94 Å². The molecule has 5 nitrogen and oxygen atoms in total. The average Bonchev–Trinajstić information content (AvgIpc) is 2.50. The lowest BCUT2D eigenvalue weighted by molar-refractivity contribution is -0.138. The van der Waals surface area contributed by atoms with Crippen LogP contribution in [0.25, 0.3) is 0 Å². The van der Waals surface area contributed by atoms with Gasteiger partial charge in [0.05, 0.1) is 11.3 Å². The summed E-state index contributed by atoms with van der Waals surface area (Å²) in [4.78, 5) is 26.9. The molecule has 0 unspecified atom stereocenters. The molecule has 0 atom stereocenters. The quantitative estimate of drug-likeness (QED) is 0.541. The molecule has 0 bridgehead atoms. The summed E-state index contributed by atoms with van der Waals surface area (Å²) < 4.78 is 0. The molecule has 0 spiro atoms. The highest BCUT2D eigenvalue weighted by molar-refractivity contribution is 5.88. The Morgan fingerprint density at radius 2 is 1.88 bits per heavy atom. The summed E-state index contributed by atoms with van der Waals surface area (Å²) in [5, 5.41) is 9.14. The van der Waals surface area contributed by atoms with Crippen LogP contribution in [-0.4, -0.2) is 17.0 Å². The van der Waals surface area contributed by atoms with Gasteiger partial charge in [0.1, 0.15) is 0 Å². The van der Waals surface area contributed by atoms with Gasteiger partial charge < -0.3 is 9.94 Å². The van der Waals surface area contributed by atoms with Gasteiger partial charge in [0.25, 0.3) is 0 Å². The summed E-state index contributed by atoms with van der Waals surface area (Å²) in [7, 11) is 0. The van der Waals surface area contributed by atoms with E-state index in [0.29, 0.717) is 12.1 Å². The van der Waals surface area contributed by atoms with Crippen LogP contribution in [0.3, 0.4) is 0 Å². The standard InChI is InChI=1S/C19H25NO4/c1-13(2)6-5-7-14(3)8-9-16-12-17(19(22)23)10-11-18(16)20-24-15(4)21/h6,8,10-12,20H,5,7,9H2,1-4H3,(H,22,23)/b14-8+. The van der Waals surface area contributed by atoms with Crippen molar-refractivity contribution >= 4 is 17.6 Å². The number of allylic oxidation sites excluding steroid dienone is 4. The molecule has 0 aliphatic rings. The van der Waals surface area contributed by atoms with Crippen molar-refractivity contribution in [3.8, 4) is 0 Å². The minimum Gasteiger partial charge on any atom is -0.478 e. The molecule has 0 fully saturated rings. The largest absolute Gasteiger partial charge is 0.478 e. The van der Waals surface area contributed by atoms with Gasteiger partial charge in [0, 0.05) is 6.92 Å². The van der Waals surface area contributed by atoms with Crippen molar-refractivity contribution in [1.82, 2.24) is 0 Å². The highest BCUT2D eigenvalue weighted by Crippen LogP contribution is 2.20. The number of hydrogen-bond acceptors (Lipinski definition) is 4. The maximum Gasteiger partial charge on any atom is 0.335 e. The number of carboxylic acid groups (broad SMARTS) is 1. The first kappa shape index (κ1) is 19.5. The van der Waals surface area contributed by atoms with Gasteiger partial charge in [0.15, 0.2) is 0 Å². The summed E-state index contributed by atoms with van der Waals surface area (Å²) in [5.74, 6) is -1.45. The fourth-order valence-corrected chi connectivity index (χ4v) is 2.10. The van der Waals surface area contributed by atoms with E-state index >= 15 is 0 Å². The fraction of sp³-hybridized carbons (Fsp3) is 0.368. The van der Waals surface area contributed by atoms with Crippen LogP contribution >= 0.6 is 0 Å². The van der Waals surface area contributed by atoms with Gasteiger partial charge in [-0.25, -0.2) is 10.3 Å². The van der Waals surface area contributed by atoms with Crippen LogP contribution in [0.1, 0.15) is 56.5 Å². The van der Waals surface area contributed by atoms with Gasteiger partial charge >= 0.3 is 11.9 Å². The van der Waals surface area contributed by atoms with E-state index in [1.807, 2.05) is 0 Å². The van der Waals surface area contributed by atoms with Gasteiger partial charge in [-0.1, -0.05) is 23.3 Å². The van der Waals surface area contributed by atoms with Crippen molar-refractivity contribution in [2.75, 3.05) is 5.48 Å².